The second-order valence-corrected chi connectivity index (χ2v) is 4.95. The second-order valence-electron chi connectivity index (χ2n) is 4.95. The molecule has 3 heteroatoms. The van der Waals surface area contributed by atoms with E-state index in [0.717, 1.165) is 26.2 Å². The van der Waals surface area contributed by atoms with Gasteiger partial charge in [0, 0.05) is 12.5 Å². The van der Waals surface area contributed by atoms with E-state index in [1.165, 1.54) is 5.56 Å². The summed E-state index contributed by atoms with van der Waals surface area (Å²) in [5.74, 6) is 0.570. The van der Waals surface area contributed by atoms with E-state index in [1.807, 2.05) is 13.1 Å². The first-order valence-corrected chi connectivity index (χ1v) is 6.73. The summed E-state index contributed by atoms with van der Waals surface area (Å²) in [7, 11) is 1.98. The fourth-order valence-electron chi connectivity index (χ4n) is 2.43. The number of nitrogens with one attached hydrogen (secondary N) is 1. The first kappa shape index (κ1) is 13.5. The first-order valence-electron chi connectivity index (χ1n) is 6.73. The molecule has 1 heterocycles. The van der Waals surface area contributed by atoms with Crippen molar-refractivity contribution in [2.75, 3.05) is 26.9 Å². The molecule has 1 aromatic rings. The minimum absolute atomic E-state index is 0.165. The lowest BCUT2D eigenvalue weighted by molar-refractivity contribution is 0.0160. The fraction of sp³-hybridized carbons (Fsp3) is 0.600. The predicted molar refractivity (Wildman–Crippen MR) is 72.6 cm³/mol. The molecule has 0 bridgehead atoms. The van der Waals surface area contributed by atoms with E-state index in [-0.39, 0.29) is 12.1 Å². The Hall–Kier alpha value is -0.900. The Kier molecular flexibility index (Phi) is 5.17. The van der Waals surface area contributed by atoms with Gasteiger partial charge in [0.05, 0.1) is 25.4 Å². The van der Waals surface area contributed by atoms with Crippen LogP contribution in [-0.2, 0) is 9.47 Å². The van der Waals surface area contributed by atoms with Gasteiger partial charge in [-0.15, -0.1) is 0 Å². The highest BCUT2D eigenvalue weighted by Crippen LogP contribution is 2.20. The van der Waals surface area contributed by atoms with Crippen LogP contribution in [0.25, 0.3) is 0 Å². The lowest BCUT2D eigenvalue weighted by Crippen LogP contribution is -2.31. The van der Waals surface area contributed by atoms with Crippen LogP contribution in [0.1, 0.15) is 24.9 Å². The third kappa shape index (κ3) is 3.55. The Morgan fingerprint density at radius 2 is 2.17 bits per heavy atom. The van der Waals surface area contributed by atoms with Crippen molar-refractivity contribution < 1.29 is 9.47 Å². The standard InChI is InChI=1S/C15H23NO2/c1-12(18-11-13-8-9-17-10-13)15(16-2)14-6-4-3-5-7-14/h3-7,12-13,15-16H,8-11H2,1-2H3. The molecule has 0 aromatic heterocycles. The molecule has 18 heavy (non-hydrogen) atoms. The van der Waals surface area contributed by atoms with Crippen LogP contribution in [0, 0.1) is 5.92 Å². The van der Waals surface area contributed by atoms with Gasteiger partial charge >= 0.3 is 0 Å². The number of hydrogen-bond donors (Lipinski definition) is 1. The maximum absolute atomic E-state index is 5.99. The van der Waals surface area contributed by atoms with Crippen molar-refractivity contribution in [3.05, 3.63) is 35.9 Å². The molecule has 0 saturated carbocycles. The summed E-state index contributed by atoms with van der Waals surface area (Å²) in [6, 6.07) is 10.7. The minimum atomic E-state index is 0.165. The van der Waals surface area contributed by atoms with E-state index in [2.05, 4.69) is 36.5 Å². The molecule has 3 nitrogen and oxygen atoms in total. The van der Waals surface area contributed by atoms with Gasteiger partial charge < -0.3 is 14.8 Å². The van der Waals surface area contributed by atoms with Crippen molar-refractivity contribution in [3.8, 4) is 0 Å². The van der Waals surface area contributed by atoms with E-state index in [0.29, 0.717) is 5.92 Å². The third-order valence-corrected chi connectivity index (χ3v) is 3.56. The molecule has 1 N–H and O–H groups in total. The molecule has 0 aliphatic carbocycles. The quantitative estimate of drug-likeness (QED) is 0.839. The summed E-state index contributed by atoms with van der Waals surface area (Å²) in [5, 5.41) is 3.34. The van der Waals surface area contributed by atoms with Crippen molar-refractivity contribution in [2.45, 2.75) is 25.5 Å². The van der Waals surface area contributed by atoms with Gasteiger partial charge in [-0.3, -0.25) is 0 Å². The molecule has 1 aliphatic rings. The Bertz CT molecular complexity index is 336. The monoisotopic (exact) mass is 249 g/mol. The molecule has 1 fully saturated rings. The van der Waals surface area contributed by atoms with E-state index in [4.69, 9.17) is 9.47 Å². The van der Waals surface area contributed by atoms with Crippen molar-refractivity contribution in [3.63, 3.8) is 0 Å². The maximum atomic E-state index is 5.99. The zero-order valence-corrected chi connectivity index (χ0v) is 11.3. The lowest BCUT2D eigenvalue weighted by atomic mass is 10.0. The maximum Gasteiger partial charge on any atom is 0.0741 e. The topological polar surface area (TPSA) is 30.5 Å². The van der Waals surface area contributed by atoms with Crippen LogP contribution in [0.15, 0.2) is 30.3 Å². The summed E-state index contributed by atoms with van der Waals surface area (Å²) in [5.41, 5.74) is 1.27. The van der Waals surface area contributed by atoms with Crippen molar-refractivity contribution >= 4 is 0 Å². The molecule has 0 radical (unpaired) electrons. The van der Waals surface area contributed by atoms with Crippen LogP contribution >= 0.6 is 0 Å². The zero-order chi connectivity index (χ0) is 12.8. The summed E-state index contributed by atoms with van der Waals surface area (Å²) in [4.78, 5) is 0. The number of hydrogen-bond acceptors (Lipinski definition) is 3. The molecule has 3 unspecified atom stereocenters. The summed E-state index contributed by atoms with van der Waals surface area (Å²) in [6.07, 6.45) is 1.29. The van der Waals surface area contributed by atoms with Gasteiger partial charge in [-0.25, -0.2) is 0 Å². The van der Waals surface area contributed by atoms with E-state index >= 15 is 0 Å². The molecule has 1 aromatic carbocycles. The highest BCUT2D eigenvalue weighted by atomic mass is 16.5. The Balaban J connectivity index is 1.87. The van der Waals surface area contributed by atoms with Gasteiger partial charge in [-0.2, -0.15) is 0 Å². The molecular weight excluding hydrogens is 226 g/mol. The molecule has 100 valence electrons. The molecule has 0 amide bonds. The van der Waals surface area contributed by atoms with Crippen LogP contribution in [0.4, 0.5) is 0 Å². The highest BCUT2D eigenvalue weighted by Gasteiger charge is 2.21. The zero-order valence-electron chi connectivity index (χ0n) is 11.3. The first-order chi connectivity index (χ1) is 8.81. The highest BCUT2D eigenvalue weighted by molar-refractivity contribution is 5.19. The summed E-state index contributed by atoms with van der Waals surface area (Å²) in [6.45, 7) is 4.66. The van der Waals surface area contributed by atoms with Gasteiger partial charge in [-0.1, -0.05) is 30.3 Å². The number of benzene rings is 1. The van der Waals surface area contributed by atoms with Crippen LogP contribution < -0.4 is 5.32 Å². The van der Waals surface area contributed by atoms with Gasteiger partial charge in [0.25, 0.3) is 0 Å². The van der Waals surface area contributed by atoms with E-state index in [1.54, 1.807) is 0 Å². The number of likely N-dealkylation sites (N-methyl/N-ethyl adjacent to an activating group) is 1. The van der Waals surface area contributed by atoms with Crippen LogP contribution in [-0.4, -0.2) is 33.0 Å². The molecule has 0 spiro atoms. The fourth-order valence-corrected chi connectivity index (χ4v) is 2.43. The van der Waals surface area contributed by atoms with Crippen molar-refractivity contribution in [1.29, 1.82) is 0 Å². The smallest absolute Gasteiger partial charge is 0.0741 e. The summed E-state index contributed by atoms with van der Waals surface area (Å²) < 4.78 is 11.4. The molecule has 2 rings (SSSR count). The second kappa shape index (κ2) is 6.88. The number of ether oxygens (including phenoxy) is 2. The Labute approximate surface area is 109 Å². The van der Waals surface area contributed by atoms with E-state index in [9.17, 15) is 0 Å². The molecule has 3 atom stereocenters. The lowest BCUT2D eigenvalue weighted by Gasteiger charge is -2.25. The average Bonchev–Trinajstić information content (AvgIpc) is 2.92. The molecular formula is C15H23NO2. The third-order valence-electron chi connectivity index (χ3n) is 3.56. The van der Waals surface area contributed by atoms with Gasteiger partial charge in [0.2, 0.25) is 0 Å². The van der Waals surface area contributed by atoms with Crippen molar-refractivity contribution in [1.82, 2.24) is 5.32 Å². The Morgan fingerprint density at radius 1 is 1.39 bits per heavy atom. The van der Waals surface area contributed by atoms with Crippen LogP contribution in [0.5, 0.6) is 0 Å². The van der Waals surface area contributed by atoms with Crippen LogP contribution in [0.3, 0.4) is 0 Å². The molecule has 1 aliphatic heterocycles. The van der Waals surface area contributed by atoms with Crippen molar-refractivity contribution in [2.24, 2.45) is 5.92 Å². The minimum Gasteiger partial charge on any atom is -0.381 e. The Morgan fingerprint density at radius 3 is 2.78 bits per heavy atom. The van der Waals surface area contributed by atoms with Gasteiger partial charge in [-0.05, 0) is 26.0 Å². The summed E-state index contributed by atoms with van der Waals surface area (Å²) >= 11 is 0. The van der Waals surface area contributed by atoms with Gasteiger partial charge in [0.15, 0.2) is 0 Å². The van der Waals surface area contributed by atoms with E-state index < -0.39 is 0 Å². The largest absolute Gasteiger partial charge is 0.381 e. The predicted octanol–water partition coefficient (Wildman–Crippen LogP) is 2.39. The van der Waals surface area contributed by atoms with Crippen LogP contribution in [0.2, 0.25) is 0 Å². The SMILES string of the molecule is CNC(c1ccccc1)C(C)OCC1CCOC1. The molecule has 1 saturated heterocycles. The number of rotatable bonds is 6. The average molecular weight is 249 g/mol. The normalized spacial score (nSPS) is 22.9. The van der Waals surface area contributed by atoms with Gasteiger partial charge in [0.1, 0.15) is 0 Å².